The molecule has 0 aliphatic rings. The van der Waals surface area contributed by atoms with E-state index in [2.05, 4.69) is 25.3 Å². The number of rotatable bonds is 8. The van der Waals surface area contributed by atoms with Gasteiger partial charge in [0.25, 0.3) is 10.0 Å². The van der Waals surface area contributed by atoms with Crippen molar-refractivity contribution in [2.75, 3.05) is 29.0 Å². The van der Waals surface area contributed by atoms with Gasteiger partial charge in [-0.25, -0.2) is 13.4 Å². The lowest BCUT2D eigenvalue weighted by molar-refractivity contribution is 0.402. The molecule has 3 rings (SSSR count). The molecular weight excluding hydrogens is 402 g/mol. The van der Waals surface area contributed by atoms with Crippen LogP contribution in [0.1, 0.15) is 18.2 Å². The molecular formula is C21H25N5O3S. The Morgan fingerprint density at radius 2 is 1.67 bits per heavy atom. The van der Waals surface area contributed by atoms with Crippen LogP contribution in [-0.2, 0) is 10.0 Å². The molecule has 30 heavy (non-hydrogen) atoms. The molecule has 1 aromatic heterocycles. The van der Waals surface area contributed by atoms with Gasteiger partial charge >= 0.3 is 0 Å². The van der Waals surface area contributed by atoms with Crippen molar-refractivity contribution >= 4 is 33.2 Å². The number of nitrogens with zero attached hydrogens (tertiary/aromatic N) is 2. The van der Waals surface area contributed by atoms with Crippen molar-refractivity contribution in [3.05, 3.63) is 59.8 Å². The van der Waals surface area contributed by atoms with Gasteiger partial charge in [0, 0.05) is 29.7 Å². The Morgan fingerprint density at radius 3 is 2.33 bits per heavy atom. The van der Waals surface area contributed by atoms with Gasteiger partial charge in [0.1, 0.15) is 16.5 Å². The Bertz CT molecular complexity index is 1130. The summed E-state index contributed by atoms with van der Waals surface area (Å²) in [5.74, 6) is 1.49. The summed E-state index contributed by atoms with van der Waals surface area (Å²) in [6, 6.07) is 13.7. The Balaban J connectivity index is 1.77. The summed E-state index contributed by atoms with van der Waals surface area (Å²) in [6.45, 7) is 6.48. The third-order valence-corrected chi connectivity index (χ3v) is 5.62. The zero-order valence-electron chi connectivity index (χ0n) is 17.4. The minimum atomic E-state index is -3.80. The van der Waals surface area contributed by atoms with E-state index in [1.165, 1.54) is 7.11 Å². The Labute approximate surface area is 176 Å². The maximum atomic E-state index is 12.8. The zero-order valence-corrected chi connectivity index (χ0v) is 18.2. The maximum Gasteiger partial charge on any atom is 0.265 e. The molecule has 2 aromatic carbocycles. The van der Waals surface area contributed by atoms with E-state index in [4.69, 9.17) is 4.74 Å². The fraction of sp³-hybridized carbons (Fsp3) is 0.238. The van der Waals surface area contributed by atoms with Crippen LogP contribution in [0.5, 0.6) is 5.75 Å². The number of sulfonamides is 1. The standard InChI is InChI=1S/C21H25N5O3S/c1-5-22-20-13-15(3)23-21(25-20)24-16-7-9-17(10-8-16)26-30(27,28)19-12-14(2)6-11-18(19)29-4/h6-13,26H,5H2,1-4H3,(H2,22,23,24,25). The number of anilines is 4. The molecule has 1 heterocycles. The van der Waals surface area contributed by atoms with Gasteiger partial charge in [-0.05, 0) is 62.7 Å². The highest BCUT2D eigenvalue weighted by molar-refractivity contribution is 7.92. The highest BCUT2D eigenvalue weighted by Crippen LogP contribution is 2.27. The first-order chi connectivity index (χ1) is 14.3. The van der Waals surface area contributed by atoms with Gasteiger partial charge < -0.3 is 15.4 Å². The minimum Gasteiger partial charge on any atom is -0.495 e. The molecule has 0 atom stereocenters. The number of methoxy groups -OCH3 is 1. The lowest BCUT2D eigenvalue weighted by Crippen LogP contribution is -2.14. The van der Waals surface area contributed by atoms with E-state index in [-0.39, 0.29) is 4.90 Å². The van der Waals surface area contributed by atoms with Crippen LogP contribution in [0.4, 0.5) is 23.1 Å². The summed E-state index contributed by atoms with van der Waals surface area (Å²) in [4.78, 5) is 8.88. The summed E-state index contributed by atoms with van der Waals surface area (Å²) in [6.07, 6.45) is 0. The fourth-order valence-electron chi connectivity index (χ4n) is 2.85. The van der Waals surface area contributed by atoms with Gasteiger partial charge in [-0.15, -0.1) is 0 Å². The molecule has 0 saturated carbocycles. The molecule has 0 spiro atoms. The number of aryl methyl sites for hydroxylation is 2. The maximum absolute atomic E-state index is 12.8. The number of hydrogen-bond donors (Lipinski definition) is 3. The second kappa shape index (κ2) is 9.00. The summed E-state index contributed by atoms with van der Waals surface area (Å²) >= 11 is 0. The molecule has 9 heteroatoms. The lowest BCUT2D eigenvalue weighted by atomic mass is 10.2. The summed E-state index contributed by atoms with van der Waals surface area (Å²) < 4.78 is 33.4. The van der Waals surface area contributed by atoms with E-state index in [1.807, 2.05) is 26.8 Å². The smallest absolute Gasteiger partial charge is 0.265 e. The molecule has 0 fully saturated rings. The van der Waals surface area contributed by atoms with Crippen LogP contribution < -0.4 is 20.1 Å². The Morgan fingerprint density at radius 1 is 0.967 bits per heavy atom. The van der Waals surface area contributed by atoms with Crippen LogP contribution in [0.2, 0.25) is 0 Å². The molecule has 3 aromatic rings. The molecule has 0 bridgehead atoms. The van der Waals surface area contributed by atoms with Crippen LogP contribution in [0.3, 0.4) is 0 Å². The lowest BCUT2D eigenvalue weighted by Gasteiger charge is -2.13. The molecule has 0 unspecified atom stereocenters. The van der Waals surface area contributed by atoms with Crippen molar-refractivity contribution in [2.45, 2.75) is 25.7 Å². The third-order valence-electron chi connectivity index (χ3n) is 4.21. The molecule has 158 valence electrons. The van der Waals surface area contributed by atoms with Crippen molar-refractivity contribution in [3.63, 3.8) is 0 Å². The van der Waals surface area contributed by atoms with Gasteiger partial charge in [-0.1, -0.05) is 6.07 Å². The van der Waals surface area contributed by atoms with E-state index < -0.39 is 10.0 Å². The SMILES string of the molecule is CCNc1cc(C)nc(Nc2ccc(NS(=O)(=O)c3cc(C)ccc3OC)cc2)n1. The first-order valence-corrected chi connectivity index (χ1v) is 10.9. The highest BCUT2D eigenvalue weighted by Gasteiger charge is 2.20. The number of hydrogen-bond acceptors (Lipinski definition) is 7. The van der Waals surface area contributed by atoms with Gasteiger partial charge in [-0.2, -0.15) is 4.98 Å². The van der Waals surface area contributed by atoms with E-state index in [1.54, 1.807) is 42.5 Å². The van der Waals surface area contributed by atoms with Gasteiger partial charge in [0.15, 0.2) is 0 Å². The van der Waals surface area contributed by atoms with Gasteiger partial charge in [-0.3, -0.25) is 4.72 Å². The predicted molar refractivity (Wildman–Crippen MR) is 119 cm³/mol. The fourth-order valence-corrected chi connectivity index (χ4v) is 4.16. The molecule has 0 aliphatic heterocycles. The molecule has 0 saturated heterocycles. The number of ether oxygens (including phenoxy) is 1. The Hall–Kier alpha value is -3.33. The average Bonchev–Trinajstić information content (AvgIpc) is 2.69. The van der Waals surface area contributed by atoms with Crippen molar-refractivity contribution in [2.24, 2.45) is 0 Å². The largest absolute Gasteiger partial charge is 0.495 e. The van der Waals surface area contributed by atoms with E-state index in [9.17, 15) is 8.42 Å². The van der Waals surface area contributed by atoms with E-state index in [0.717, 1.165) is 29.3 Å². The number of benzene rings is 2. The van der Waals surface area contributed by atoms with Crippen LogP contribution in [0.15, 0.2) is 53.4 Å². The van der Waals surface area contributed by atoms with Crippen LogP contribution in [0.25, 0.3) is 0 Å². The Kier molecular flexibility index (Phi) is 6.41. The van der Waals surface area contributed by atoms with Crippen LogP contribution in [-0.4, -0.2) is 32.0 Å². The zero-order chi connectivity index (χ0) is 21.7. The quantitative estimate of drug-likeness (QED) is 0.497. The van der Waals surface area contributed by atoms with Crippen LogP contribution in [0, 0.1) is 13.8 Å². The first-order valence-electron chi connectivity index (χ1n) is 9.45. The molecule has 0 amide bonds. The summed E-state index contributed by atoms with van der Waals surface area (Å²) in [7, 11) is -2.35. The summed E-state index contributed by atoms with van der Waals surface area (Å²) in [5, 5.41) is 6.29. The average molecular weight is 428 g/mol. The van der Waals surface area contributed by atoms with Crippen molar-refractivity contribution in [1.82, 2.24) is 9.97 Å². The van der Waals surface area contributed by atoms with E-state index in [0.29, 0.717) is 17.4 Å². The van der Waals surface area contributed by atoms with Crippen molar-refractivity contribution in [1.29, 1.82) is 0 Å². The number of nitrogens with one attached hydrogen (secondary N) is 3. The first kappa shape index (κ1) is 21.4. The molecule has 8 nitrogen and oxygen atoms in total. The number of aromatic nitrogens is 2. The summed E-state index contributed by atoms with van der Waals surface area (Å²) in [5.41, 5.74) is 2.83. The van der Waals surface area contributed by atoms with E-state index >= 15 is 0 Å². The second-order valence-electron chi connectivity index (χ2n) is 6.71. The topological polar surface area (TPSA) is 105 Å². The molecule has 0 radical (unpaired) electrons. The van der Waals surface area contributed by atoms with Crippen molar-refractivity contribution in [3.8, 4) is 5.75 Å². The minimum absolute atomic E-state index is 0.0938. The predicted octanol–water partition coefficient (Wildman–Crippen LogP) is 4.08. The van der Waals surface area contributed by atoms with Gasteiger partial charge in [0.05, 0.1) is 7.11 Å². The van der Waals surface area contributed by atoms with Crippen molar-refractivity contribution < 1.29 is 13.2 Å². The second-order valence-corrected chi connectivity index (χ2v) is 8.36. The normalized spacial score (nSPS) is 11.1. The molecule has 3 N–H and O–H groups in total. The van der Waals surface area contributed by atoms with Crippen LogP contribution >= 0.6 is 0 Å². The molecule has 0 aliphatic carbocycles. The third kappa shape index (κ3) is 5.18. The monoisotopic (exact) mass is 427 g/mol. The van der Waals surface area contributed by atoms with Gasteiger partial charge in [0.2, 0.25) is 5.95 Å². The highest BCUT2D eigenvalue weighted by atomic mass is 32.2.